The van der Waals surface area contributed by atoms with E-state index >= 15 is 0 Å². The number of hydrogen-bond acceptors (Lipinski definition) is 2. The van der Waals surface area contributed by atoms with E-state index in [1.54, 1.807) is 0 Å². The lowest BCUT2D eigenvalue weighted by atomic mass is 10.0. The fourth-order valence-corrected chi connectivity index (χ4v) is 2.82. The number of anilines is 1. The molecule has 4 rings (SSSR count). The largest absolute Gasteiger partial charge is 0.380 e. The molecule has 0 bridgehead atoms. The smallest absolute Gasteiger partial charge is 0.140 e. The molecule has 0 amide bonds. The van der Waals surface area contributed by atoms with Crippen LogP contribution in [0.3, 0.4) is 0 Å². The van der Waals surface area contributed by atoms with E-state index in [0.717, 1.165) is 12.2 Å². The second-order valence-electron chi connectivity index (χ2n) is 4.72. The van der Waals surface area contributed by atoms with Crippen LogP contribution in [0.5, 0.6) is 0 Å². The van der Waals surface area contributed by atoms with E-state index in [-0.39, 0.29) is 0 Å². The van der Waals surface area contributed by atoms with E-state index in [1.807, 2.05) is 6.20 Å². The summed E-state index contributed by atoms with van der Waals surface area (Å²) in [4.78, 5) is 4.49. The molecule has 0 atom stereocenters. The first-order chi connectivity index (χ1) is 8.84. The number of nitrogens with zero attached hydrogens (tertiary/aromatic N) is 2. The lowest BCUT2D eigenvalue weighted by Gasteiger charge is -2.08. The predicted octanol–water partition coefficient (Wildman–Crippen LogP) is 3.17. The second-order valence-corrected chi connectivity index (χ2v) is 4.72. The number of hydrogen-bond donors (Lipinski definition) is 1. The van der Waals surface area contributed by atoms with Crippen LogP contribution in [0.15, 0.2) is 42.7 Å². The highest BCUT2D eigenvalue weighted by Crippen LogP contribution is 2.38. The Morgan fingerprint density at radius 1 is 1.17 bits per heavy atom. The van der Waals surface area contributed by atoms with Crippen LogP contribution in [0, 0.1) is 0 Å². The molecular weight excluding hydrogens is 222 g/mol. The number of aryl methyl sites for hydroxylation is 1. The minimum absolute atomic E-state index is 0.854. The molecule has 1 aliphatic heterocycles. The van der Waals surface area contributed by atoms with E-state index in [4.69, 9.17) is 0 Å². The zero-order valence-electron chi connectivity index (χ0n) is 10.1. The Hall–Kier alpha value is -2.29. The van der Waals surface area contributed by atoms with Gasteiger partial charge in [-0.25, -0.2) is 4.98 Å². The van der Waals surface area contributed by atoms with Crippen molar-refractivity contribution in [2.75, 3.05) is 5.32 Å². The molecule has 3 aromatic rings. The van der Waals surface area contributed by atoms with Crippen molar-refractivity contribution >= 4 is 16.7 Å². The van der Waals surface area contributed by atoms with E-state index in [9.17, 15) is 0 Å². The first-order valence-corrected chi connectivity index (χ1v) is 6.11. The summed E-state index contributed by atoms with van der Waals surface area (Å²) >= 11 is 0. The van der Waals surface area contributed by atoms with Gasteiger partial charge in [0.25, 0.3) is 0 Å². The Bertz CT molecular complexity index is 756. The number of fused-ring (bicyclic) bond motifs is 2. The second kappa shape index (κ2) is 3.35. The van der Waals surface area contributed by atoms with E-state index in [0.29, 0.717) is 0 Å². The topological polar surface area (TPSA) is 29.9 Å². The predicted molar refractivity (Wildman–Crippen MR) is 73.5 cm³/mol. The fraction of sp³-hybridized carbons (Fsp3) is 0.133. The van der Waals surface area contributed by atoms with Crippen LogP contribution in [0.25, 0.3) is 22.2 Å². The fourth-order valence-electron chi connectivity index (χ4n) is 2.82. The molecule has 1 aromatic carbocycles. The van der Waals surface area contributed by atoms with Gasteiger partial charge in [0.05, 0.1) is 0 Å². The van der Waals surface area contributed by atoms with Crippen LogP contribution in [0.4, 0.5) is 5.69 Å². The van der Waals surface area contributed by atoms with Crippen molar-refractivity contribution in [3.8, 4) is 11.1 Å². The quantitative estimate of drug-likeness (QED) is 0.648. The van der Waals surface area contributed by atoms with Gasteiger partial charge in [0.15, 0.2) is 0 Å². The zero-order chi connectivity index (χ0) is 12.1. The highest BCUT2D eigenvalue weighted by molar-refractivity contribution is 6.00. The van der Waals surface area contributed by atoms with Gasteiger partial charge in [0.1, 0.15) is 5.65 Å². The number of rotatable bonds is 0. The molecule has 0 saturated heterocycles. The molecule has 3 nitrogen and oxygen atoms in total. The molecule has 1 aliphatic rings. The summed E-state index contributed by atoms with van der Waals surface area (Å²) in [5.74, 6) is 0. The van der Waals surface area contributed by atoms with Crippen molar-refractivity contribution in [2.24, 2.45) is 7.05 Å². The van der Waals surface area contributed by atoms with Crippen molar-refractivity contribution in [1.82, 2.24) is 9.55 Å². The average Bonchev–Trinajstić information content (AvgIpc) is 2.64. The molecule has 0 aliphatic carbocycles. The standard InChI is InChI=1S/C15H13N3/c1-18-9-10-8-17-13-5-3-2-4-11(13)12-6-7-16-15(18)14(10)12/h2-7,9,17H,8H2,1H3. The minimum atomic E-state index is 0.854. The van der Waals surface area contributed by atoms with Gasteiger partial charge in [-0.05, 0) is 23.3 Å². The summed E-state index contributed by atoms with van der Waals surface area (Å²) in [6, 6.07) is 10.6. The Labute approximate surface area is 105 Å². The third kappa shape index (κ3) is 1.16. The van der Waals surface area contributed by atoms with Crippen LogP contribution in [-0.4, -0.2) is 9.55 Å². The molecule has 3 heteroatoms. The Morgan fingerprint density at radius 2 is 2.06 bits per heavy atom. The molecule has 18 heavy (non-hydrogen) atoms. The Kier molecular flexibility index (Phi) is 1.81. The summed E-state index contributed by atoms with van der Waals surface area (Å²) in [6.45, 7) is 0.854. The van der Waals surface area contributed by atoms with E-state index < -0.39 is 0 Å². The molecule has 2 aromatic heterocycles. The minimum Gasteiger partial charge on any atom is -0.380 e. The van der Waals surface area contributed by atoms with Gasteiger partial charge in [-0.1, -0.05) is 18.2 Å². The monoisotopic (exact) mass is 235 g/mol. The zero-order valence-corrected chi connectivity index (χ0v) is 10.1. The number of para-hydroxylation sites is 1. The van der Waals surface area contributed by atoms with E-state index in [1.165, 1.54) is 27.8 Å². The number of aromatic nitrogens is 2. The average molecular weight is 235 g/mol. The number of nitrogens with one attached hydrogen (secondary N) is 1. The third-order valence-corrected chi connectivity index (χ3v) is 3.62. The van der Waals surface area contributed by atoms with Gasteiger partial charge in [-0.15, -0.1) is 0 Å². The maximum Gasteiger partial charge on any atom is 0.140 e. The van der Waals surface area contributed by atoms with Crippen molar-refractivity contribution in [3.05, 3.63) is 48.3 Å². The van der Waals surface area contributed by atoms with Crippen LogP contribution >= 0.6 is 0 Å². The van der Waals surface area contributed by atoms with Gasteiger partial charge in [0, 0.05) is 42.6 Å². The summed E-state index contributed by atoms with van der Waals surface area (Å²) in [5.41, 5.74) is 6.10. The van der Waals surface area contributed by atoms with Crippen molar-refractivity contribution in [3.63, 3.8) is 0 Å². The molecule has 0 unspecified atom stereocenters. The summed E-state index contributed by atoms with van der Waals surface area (Å²) in [5, 5.41) is 4.78. The van der Waals surface area contributed by atoms with Gasteiger partial charge < -0.3 is 9.88 Å². The first-order valence-electron chi connectivity index (χ1n) is 6.11. The highest BCUT2D eigenvalue weighted by Gasteiger charge is 2.18. The van der Waals surface area contributed by atoms with Gasteiger partial charge in [-0.2, -0.15) is 0 Å². The maximum absolute atomic E-state index is 4.49. The normalized spacial score (nSPS) is 12.9. The summed E-state index contributed by atoms with van der Waals surface area (Å²) in [6.07, 6.45) is 4.06. The van der Waals surface area contributed by atoms with Crippen molar-refractivity contribution in [2.45, 2.75) is 6.54 Å². The third-order valence-electron chi connectivity index (χ3n) is 3.62. The van der Waals surface area contributed by atoms with E-state index in [2.05, 4.69) is 58.4 Å². The van der Waals surface area contributed by atoms with Gasteiger partial charge in [-0.3, -0.25) is 0 Å². The lowest BCUT2D eigenvalue weighted by molar-refractivity contribution is 0.938. The maximum atomic E-state index is 4.49. The van der Waals surface area contributed by atoms with Crippen LogP contribution in [0.1, 0.15) is 5.56 Å². The van der Waals surface area contributed by atoms with Crippen molar-refractivity contribution < 1.29 is 0 Å². The molecular formula is C15H13N3. The van der Waals surface area contributed by atoms with Gasteiger partial charge >= 0.3 is 0 Å². The molecule has 88 valence electrons. The van der Waals surface area contributed by atoms with Crippen LogP contribution in [0.2, 0.25) is 0 Å². The van der Waals surface area contributed by atoms with Crippen LogP contribution < -0.4 is 5.32 Å². The van der Waals surface area contributed by atoms with Crippen molar-refractivity contribution in [1.29, 1.82) is 0 Å². The number of pyridine rings is 1. The Morgan fingerprint density at radius 3 is 3.00 bits per heavy atom. The Balaban J connectivity index is 2.18. The molecule has 0 fully saturated rings. The highest BCUT2D eigenvalue weighted by atomic mass is 15.0. The SMILES string of the molecule is Cn1cc2c3c(ccnc31)-c1ccccc1NC2. The lowest BCUT2D eigenvalue weighted by Crippen LogP contribution is -1.97. The number of benzene rings is 1. The first kappa shape index (κ1) is 9.71. The molecule has 0 spiro atoms. The summed E-state index contributed by atoms with van der Waals surface area (Å²) < 4.78 is 2.10. The molecule has 3 heterocycles. The molecule has 1 N–H and O–H groups in total. The van der Waals surface area contributed by atoms with Crippen LogP contribution in [-0.2, 0) is 13.6 Å². The molecule has 0 saturated carbocycles. The van der Waals surface area contributed by atoms with Gasteiger partial charge in [0.2, 0.25) is 0 Å². The molecule has 0 radical (unpaired) electrons. The summed E-state index contributed by atoms with van der Waals surface area (Å²) in [7, 11) is 2.05.